The normalized spacial score (nSPS) is 24.8. The van der Waals surface area contributed by atoms with Gasteiger partial charge in [-0.2, -0.15) is 0 Å². The van der Waals surface area contributed by atoms with Crippen LogP contribution in [0.4, 0.5) is 0 Å². The van der Waals surface area contributed by atoms with E-state index in [2.05, 4.69) is 10.6 Å². The summed E-state index contributed by atoms with van der Waals surface area (Å²) in [6, 6.07) is 0.329. The zero-order valence-corrected chi connectivity index (χ0v) is 10.9. The molecule has 0 aromatic carbocycles. The van der Waals surface area contributed by atoms with Gasteiger partial charge in [0.05, 0.1) is 0 Å². The van der Waals surface area contributed by atoms with Crippen LogP contribution in [-0.4, -0.2) is 40.8 Å². The van der Waals surface area contributed by atoms with Gasteiger partial charge in [0, 0.05) is 41.3 Å². The maximum absolute atomic E-state index is 11.7. The van der Waals surface area contributed by atoms with Crippen molar-refractivity contribution in [3.05, 3.63) is 0 Å². The summed E-state index contributed by atoms with van der Waals surface area (Å²) in [6.45, 7) is 2.92. The molecule has 1 aliphatic rings. The van der Waals surface area contributed by atoms with Crippen molar-refractivity contribution in [3.8, 4) is 0 Å². The molecule has 0 saturated carbocycles. The zero-order valence-electron chi connectivity index (χ0n) is 10.1. The van der Waals surface area contributed by atoms with Crippen molar-refractivity contribution in [2.24, 2.45) is 0 Å². The second-order valence-electron chi connectivity index (χ2n) is 4.56. The number of hydrogen-bond acceptors (Lipinski definition) is 3. The molecule has 0 bridgehead atoms. The van der Waals surface area contributed by atoms with Gasteiger partial charge < -0.3 is 10.6 Å². The topological polar surface area (TPSA) is 58.2 Å². The summed E-state index contributed by atoms with van der Waals surface area (Å²) in [7, 11) is -0.849. The van der Waals surface area contributed by atoms with Gasteiger partial charge in [-0.15, -0.1) is 0 Å². The zero-order chi connectivity index (χ0) is 12.0. The van der Waals surface area contributed by atoms with Gasteiger partial charge in [0.15, 0.2) is 0 Å². The first-order valence-corrected chi connectivity index (χ1v) is 7.63. The second-order valence-corrected chi connectivity index (χ2v) is 6.04. The van der Waals surface area contributed by atoms with Crippen LogP contribution < -0.4 is 10.6 Å². The van der Waals surface area contributed by atoms with Gasteiger partial charge in [-0.25, -0.2) is 0 Å². The monoisotopic (exact) mass is 246 g/mol. The lowest BCUT2D eigenvalue weighted by Crippen LogP contribution is -2.42. The summed E-state index contributed by atoms with van der Waals surface area (Å²) in [5.74, 6) is 0.599. The minimum absolute atomic E-state index is 0.00178. The van der Waals surface area contributed by atoms with Crippen LogP contribution in [0.1, 0.15) is 32.6 Å². The highest BCUT2D eigenvalue weighted by molar-refractivity contribution is 7.84. The molecule has 16 heavy (non-hydrogen) atoms. The largest absolute Gasteiger partial charge is 0.353 e. The van der Waals surface area contributed by atoms with Crippen molar-refractivity contribution in [1.29, 1.82) is 0 Å². The first kappa shape index (κ1) is 13.6. The lowest BCUT2D eigenvalue weighted by Gasteiger charge is -2.23. The smallest absolute Gasteiger partial charge is 0.221 e. The van der Waals surface area contributed by atoms with Crippen LogP contribution in [0.2, 0.25) is 0 Å². The molecule has 1 saturated heterocycles. The first-order valence-electron chi connectivity index (χ1n) is 5.90. The quantitative estimate of drug-likeness (QED) is 0.738. The number of piperidine rings is 1. The van der Waals surface area contributed by atoms with Crippen LogP contribution in [0.5, 0.6) is 0 Å². The highest BCUT2D eigenvalue weighted by Gasteiger charge is 2.17. The van der Waals surface area contributed by atoms with E-state index in [1.54, 1.807) is 6.26 Å². The molecule has 3 atom stereocenters. The number of rotatable bonds is 5. The molecule has 2 N–H and O–H groups in total. The average Bonchev–Trinajstić information content (AvgIpc) is 2.17. The predicted molar refractivity (Wildman–Crippen MR) is 66.8 cm³/mol. The highest BCUT2D eigenvalue weighted by Crippen LogP contribution is 2.09. The number of nitrogens with one attached hydrogen (secondary N) is 2. The first-order chi connectivity index (χ1) is 7.58. The Bertz CT molecular complexity index is 252. The van der Waals surface area contributed by atoms with Crippen molar-refractivity contribution >= 4 is 16.7 Å². The third-order valence-corrected chi connectivity index (χ3v) is 3.71. The highest BCUT2D eigenvalue weighted by atomic mass is 32.2. The molecule has 0 aromatic heterocycles. The minimum atomic E-state index is -0.849. The Balaban J connectivity index is 2.21. The van der Waals surface area contributed by atoms with Gasteiger partial charge in [0.2, 0.25) is 5.91 Å². The Labute approximate surface area is 100 Å². The van der Waals surface area contributed by atoms with Gasteiger partial charge >= 0.3 is 0 Å². The Hall–Kier alpha value is -0.420. The van der Waals surface area contributed by atoms with E-state index in [0.717, 1.165) is 13.0 Å². The Morgan fingerprint density at radius 3 is 2.88 bits per heavy atom. The molecular weight excluding hydrogens is 224 g/mol. The van der Waals surface area contributed by atoms with Gasteiger partial charge in [-0.05, 0) is 26.3 Å². The summed E-state index contributed by atoms with van der Waals surface area (Å²) < 4.78 is 11.0. The van der Waals surface area contributed by atoms with E-state index in [9.17, 15) is 9.00 Å². The van der Waals surface area contributed by atoms with Crippen LogP contribution in [0.25, 0.3) is 0 Å². The Morgan fingerprint density at radius 1 is 1.56 bits per heavy atom. The van der Waals surface area contributed by atoms with Gasteiger partial charge in [0.1, 0.15) is 0 Å². The number of carbonyl (C=O) groups excluding carboxylic acids is 1. The van der Waals surface area contributed by atoms with Crippen molar-refractivity contribution in [2.75, 3.05) is 18.6 Å². The molecular formula is C11H22N2O2S. The fraction of sp³-hybridized carbons (Fsp3) is 0.909. The van der Waals surface area contributed by atoms with E-state index in [0.29, 0.717) is 18.2 Å². The molecule has 3 unspecified atom stereocenters. The summed E-state index contributed by atoms with van der Waals surface area (Å²) in [5.41, 5.74) is 0. The van der Waals surface area contributed by atoms with E-state index in [1.807, 2.05) is 6.92 Å². The lowest BCUT2D eigenvalue weighted by atomic mass is 10.0. The van der Waals surface area contributed by atoms with E-state index < -0.39 is 10.8 Å². The molecule has 1 heterocycles. The molecule has 1 aliphatic heterocycles. The van der Waals surface area contributed by atoms with Crippen molar-refractivity contribution in [3.63, 3.8) is 0 Å². The minimum Gasteiger partial charge on any atom is -0.353 e. The summed E-state index contributed by atoms with van der Waals surface area (Å²) in [4.78, 5) is 11.7. The van der Waals surface area contributed by atoms with Crippen molar-refractivity contribution in [1.82, 2.24) is 10.6 Å². The van der Waals surface area contributed by atoms with E-state index >= 15 is 0 Å². The molecule has 0 radical (unpaired) electrons. The molecule has 0 aliphatic carbocycles. The lowest BCUT2D eigenvalue weighted by molar-refractivity contribution is -0.122. The van der Waals surface area contributed by atoms with Gasteiger partial charge in [-0.1, -0.05) is 6.42 Å². The molecule has 5 heteroatoms. The maximum atomic E-state index is 11.7. The fourth-order valence-corrected chi connectivity index (χ4v) is 2.84. The van der Waals surface area contributed by atoms with Crippen molar-refractivity contribution < 1.29 is 9.00 Å². The van der Waals surface area contributed by atoms with E-state index in [-0.39, 0.29) is 11.9 Å². The third kappa shape index (κ3) is 5.61. The van der Waals surface area contributed by atoms with Crippen molar-refractivity contribution in [2.45, 2.75) is 44.7 Å². The van der Waals surface area contributed by atoms with Crippen LogP contribution in [0.15, 0.2) is 0 Å². The van der Waals surface area contributed by atoms with Crippen LogP contribution in [0.3, 0.4) is 0 Å². The van der Waals surface area contributed by atoms with Crippen LogP contribution >= 0.6 is 0 Å². The average molecular weight is 246 g/mol. The van der Waals surface area contributed by atoms with Crippen LogP contribution in [-0.2, 0) is 15.6 Å². The summed E-state index contributed by atoms with van der Waals surface area (Å²) in [5, 5.41) is 6.23. The molecule has 4 nitrogen and oxygen atoms in total. The molecule has 1 fully saturated rings. The Kier molecular flexibility index (Phi) is 5.98. The second kappa shape index (κ2) is 7.01. The Morgan fingerprint density at radius 2 is 2.31 bits per heavy atom. The summed E-state index contributed by atoms with van der Waals surface area (Å²) >= 11 is 0. The number of amides is 1. The maximum Gasteiger partial charge on any atom is 0.221 e. The molecule has 94 valence electrons. The van der Waals surface area contributed by atoms with E-state index in [1.165, 1.54) is 12.8 Å². The number of hydrogen-bond donors (Lipinski definition) is 2. The molecule has 1 rings (SSSR count). The molecule has 0 aromatic rings. The standard InChI is InChI=1S/C11H22N2O2S/c1-9(8-16(2)15)13-11(14)7-10-5-3-4-6-12-10/h9-10,12H,3-8H2,1-2H3,(H,13,14). The van der Waals surface area contributed by atoms with Gasteiger partial charge in [-0.3, -0.25) is 9.00 Å². The van der Waals surface area contributed by atoms with Crippen LogP contribution in [0, 0.1) is 0 Å². The molecule has 0 spiro atoms. The fourth-order valence-electron chi connectivity index (χ4n) is 2.05. The molecule has 1 amide bonds. The number of carbonyl (C=O) groups is 1. The third-order valence-electron chi connectivity index (χ3n) is 2.74. The van der Waals surface area contributed by atoms with Gasteiger partial charge in [0.25, 0.3) is 0 Å². The summed E-state index contributed by atoms with van der Waals surface area (Å²) in [6.07, 6.45) is 5.70. The van der Waals surface area contributed by atoms with E-state index in [4.69, 9.17) is 0 Å². The predicted octanol–water partition coefficient (Wildman–Crippen LogP) is 0.402. The SMILES string of the molecule is CC(CS(C)=O)NC(=O)CC1CCCCN1.